The van der Waals surface area contributed by atoms with Crippen molar-refractivity contribution < 1.29 is 37.4 Å². The second-order valence-electron chi connectivity index (χ2n) is 12.4. The van der Waals surface area contributed by atoms with Crippen LogP contribution in [0.3, 0.4) is 0 Å². The van der Waals surface area contributed by atoms with Gasteiger partial charge in [-0.25, -0.2) is 4.90 Å². The number of alkyl halides is 3. The van der Waals surface area contributed by atoms with Gasteiger partial charge in [-0.15, -0.1) is 11.8 Å². The number of halogens is 3. The number of nitrogens with zero attached hydrogens (tertiary/aromatic N) is 1. The first kappa shape index (κ1) is 30.8. The Morgan fingerprint density at radius 3 is 2.40 bits per heavy atom. The Labute approximate surface area is 279 Å². The number of carbonyl (C=O) groups is 3. The lowest BCUT2D eigenvalue weighted by atomic mass is 9.68. The molecule has 3 N–H and O–H groups in total. The van der Waals surface area contributed by atoms with E-state index in [9.17, 15) is 37.5 Å². The van der Waals surface area contributed by atoms with Gasteiger partial charge in [0.15, 0.2) is 6.61 Å². The number of amides is 3. The van der Waals surface area contributed by atoms with E-state index in [1.54, 1.807) is 24.3 Å². The summed E-state index contributed by atoms with van der Waals surface area (Å²) in [5.74, 6) is -4.05. The molecule has 9 nitrogen and oxygen atoms in total. The van der Waals surface area contributed by atoms with Crippen LogP contribution in [0.1, 0.15) is 28.3 Å². The SMILES string of the molecule is O=C(COc1ccccc1[C@H]1c2sc(=O)[nH]c2SC2C3CC(C4C(=O)N(c5ccccc5C(F)(F)F)C(=O)C34)C21)Nc1ccc(O)cc1. The number of carbonyl (C=O) groups excluding carboxylic acids is 3. The molecule has 4 aromatic rings. The minimum absolute atomic E-state index is 0.0583. The van der Waals surface area contributed by atoms with Crippen LogP contribution in [0.2, 0.25) is 0 Å². The minimum Gasteiger partial charge on any atom is -0.508 e. The summed E-state index contributed by atoms with van der Waals surface area (Å²) >= 11 is 2.52. The van der Waals surface area contributed by atoms with E-state index in [0.29, 0.717) is 28.4 Å². The highest BCUT2D eigenvalue weighted by Gasteiger charge is 2.70. The molecule has 1 saturated heterocycles. The Kier molecular flexibility index (Phi) is 7.22. The first-order valence-electron chi connectivity index (χ1n) is 15.3. The number of hydrogen-bond acceptors (Lipinski definition) is 8. The van der Waals surface area contributed by atoms with Gasteiger partial charge in [0.05, 0.1) is 28.1 Å². The maximum atomic E-state index is 14.0. The number of phenolic OH excluding ortho intramolecular Hbond substituents is 1. The van der Waals surface area contributed by atoms with Gasteiger partial charge in [-0.05, 0) is 66.6 Å². The molecular weight excluding hydrogens is 668 g/mol. The number of aromatic amines is 1. The average Bonchev–Trinajstić information content (AvgIpc) is 3.79. The van der Waals surface area contributed by atoms with Crippen LogP contribution >= 0.6 is 23.1 Å². The largest absolute Gasteiger partial charge is 0.508 e. The van der Waals surface area contributed by atoms with Crippen LogP contribution in [0.4, 0.5) is 24.5 Å². The molecule has 14 heteroatoms. The van der Waals surface area contributed by atoms with Crippen LogP contribution in [0.5, 0.6) is 11.5 Å². The third-order valence-corrected chi connectivity index (χ3v) is 12.5. The third kappa shape index (κ3) is 4.83. The molecule has 2 saturated carbocycles. The molecule has 246 valence electrons. The number of thiazole rings is 1. The van der Waals surface area contributed by atoms with Crippen molar-refractivity contribution >= 4 is 52.2 Å². The lowest BCUT2D eigenvalue weighted by Gasteiger charge is -2.43. The van der Waals surface area contributed by atoms with E-state index in [1.165, 1.54) is 42.1 Å². The summed E-state index contributed by atoms with van der Waals surface area (Å²) in [5.41, 5.74) is -0.303. The molecule has 7 atom stereocenters. The number of phenols is 1. The van der Waals surface area contributed by atoms with Gasteiger partial charge in [-0.3, -0.25) is 19.2 Å². The minimum atomic E-state index is -4.76. The number of benzene rings is 3. The van der Waals surface area contributed by atoms with Crippen LogP contribution in [0.25, 0.3) is 0 Å². The molecule has 2 aliphatic carbocycles. The van der Waals surface area contributed by atoms with E-state index in [4.69, 9.17) is 4.74 Å². The molecule has 4 aliphatic rings. The fraction of sp³-hybridized carbons (Fsp3) is 0.294. The van der Waals surface area contributed by atoms with Crippen molar-refractivity contribution in [3.05, 3.63) is 98.5 Å². The fourth-order valence-corrected chi connectivity index (χ4v) is 11.1. The maximum Gasteiger partial charge on any atom is 0.418 e. The van der Waals surface area contributed by atoms with Gasteiger partial charge in [0.2, 0.25) is 11.8 Å². The van der Waals surface area contributed by atoms with E-state index in [0.717, 1.165) is 27.2 Å². The zero-order valence-corrected chi connectivity index (χ0v) is 26.4. The first-order valence-corrected chi connectivity index (χ1v) is 16.9. The number of para-hydroxylation sites is 2. The lowest BCUT2D eigenvalue weighted by Crippen LogP contribution is -2.42. The van der Waals surface area contributed by atoms with Gasteiger partial charge in [0, 0.05) is 27.3 Å². The number of H-pyrrole nitrogens is 1. The smallest absolute Gasteiger partial charge is 0.418 e. The maximum absolute atomic E-state index is 14.0. The quantitative estimate of drug-likeness (QED) is 0.171. The highest BCUT2D eigenvalue weighted by Crippen LogP contribution is 2.69. The molecule has 3 heterocycles. The molecule has 1 aromatic heterocycles. The highest BCUT2D eigenvalue weighted by molar-refractivity contribution is 8.00. The van der Waals surface area contributed by atoms with Crippen molar-refractivity contribution in [2.75, 3.05) is 16.8 Å². The van der Waals surface area contributed by atoms with Gasteiger partial charge < -0.3 is 20.1 Å². The summed E-state index contributed by atoms with van der Waals surface area (Å²) in [6, 6.07) is 17.8. The molecule has 6 unspecified atom stereocenters. The van der Waals surface area contributed by atoms with Gasteiger partial charge in [-0.2, -0.15) is 13.2 Å². The normalized spacial score (nSPS) is 27.1. The highest BCUT2D eigenvalue weighted by atomic mass is 32.2. The molecule has 0 spiro atoms. The van der Waals surface area contributed by atoms with Crippen molar-refractivity contribution in [2.45, 2.75) is 28.8 Å². The van der Waals surface area contributed by atoms with Crippen LogP contribution in [0, 0.1) is 29.6 Å². The lowest BCUT2D eigenvalue weighted by molar-refractivity contribution is -0.137. The van der Waals surface area contributed by atoms with Crippen LogP contribution in [-0.4, -0.2) is 39.7 Å². The van der Waals surface area contributed by atoms with E-state index in [2.05, 4.69) is 10.3 Å². The number of rotatable bonds is 6. The second-order valence-corrected chi connectivity index (χ2v) is 14.6. The number of fused-ring (bicyclic) bond motifs is 9. The van der Waals surface area contributed by atoms with Gasteiger partial charge >= 0.3 is 11.0 Å². The first-order chi connectivity index (χ1) is 23.0. The second kappa shape index (κ2) is 11.3. The standard InChI is InChI=1S/C34H26F3N3O6S2/c35-34(36,37)20-6-2-3-7-21(20)40-31(43)26-18-13-19(27(26)32(40)44)28-25(18)24(29-30(47-28)39-33(45)48-29)17-5-1-4-8-22(17)46-14-23(42)38-15-9-11-16(41)12-10-15/h1-12,18-19,24-28,41H,13-14H2,(H,38,42)(H,39,45)/t18?,19?,24-,25?,26?,27?,28?/m1/s1. The van der Waals surface area contributed by atoms with Crippen molar-refractivity contribution in [3.63, 3.8) is 0 Å². The molecule has 3 amide bonds. The van der Waals surface area contributed by atoms with Crippen molar-refractivity contribution in [3.8, 4) is 11.5 Å². The average molecular weight is 694 g/mol. The van der Waals surface area contributed by atoms with Crippen molar-refractivity contribution in [1.29, 1.82) is 0 Å². The number of ether oxygens (including phenoxy) is 1. The molecule has 2 aliphatic heterocycles. The summed E-state index contributed by atoms with van der Waals surface area (Å²) < 4.78 is 48.0. The number of hydrogen-bond donors (Lipinski definition) is 3. The predicted octanol–water partition coefficient (Wildman–Crippen LogP) is 5.86. The summed E-state index contributed by atoms with van der Waals surface area (Å²) in [6.07, 6.45) is -4.20. The Bertz CT molecular complexity index is 2030. The predicted molar refractivity (Wildman–Crippen MR) is 171 cm³/mol. The number of imide groups is 1. The molecule has 0 radical (unpaired) electrons. The van der Waals surface area contributed by atoms with Crippen molar-refractivity contribution in [1.82, 2.24) is 4.98 Å². The van der Waals surface area contributed by atoms with Crippen molar-refractivity contribution in [2.24, 2.45) is 29.6 Å². The molecule has 3 fully saturated rings. The van der Waals surface area contributed by atoms with Gasteiger partial charge in [0.25, 0.3) is 5.91 Å². The number of aromatic hydroxyl groups is 1. The summed E-state index contributed by atoms with van der Waals surface area (Å²) in [6.45, 7) is -0.332. The molecule has 8 rings (SSSR count). The Hall–Kier alpha value is -4.56. The van der Waals surface area contributed by atoms with Gasteiger partial charge in [-0.1, -0.05) is 41.7 Å². The number of aromatic nitrogens is 1. The Morgan fingerprint density at radius 2 is 1.65 bits per heavy atom. The van der Waals surface area contributed by atoms with Gasteiger partial charge in [0.1, 0.15) is 11.5 Å². The Balaban J connectivity index is 1.13. The zero-order valence-electron chi connectivity index (χ0n) is 24.8. The fourth-order valence-electron chi connectivity index (χ4n) is 8.26. The summed E-state index contributed by atoms with van der Waals surface area (Å²) in [4.78, 5) is 57.6. The molecule has 48 heavy (non-hydrogen) atoms. The van der Waals surface area contributed by atoms with Crippen LogP contribution in [0.15, 0.2) is 82.6 Å². The molecule has 2 bridgehead atoms. The molecular formula is C34H26F3N3O6S2. The number of anilines is 2. The monoisotopic (exact) mass is 693 g/mol. The zero-order chi connectivity index (χ0) is 33.5. The third-order valence-electron chi connectivity index (χ3n) is 9.94. The summed E-state index contributed by atoms with van der Waals surface area (Å²) in [5, 5.41) is 12.7. The van der Waals surface area contributed by atoms with Crippen LogP contribution < -0.4 is 19.8 Å². The van der Waals surface area contributed by atoms with E-state index < -0.39 is 52.9 Å². The number of nitrogens with one attached hydrogen (secondary N) is 2. The summed E-state index contributed by atoms with van der Waals surface area (Å²) in [7, 11) is 0. The molecule has 3 aromatic carbocycles. The van der Waals surface area contributed by atoms with E-state index >= 15 is 0 Å². The number of thioether (sulfide) groups is 1. The van der Waals surface area contributed by atoms with E-state index in [1.807, 2.05) is 12.1 Å². The topological polar surface area (TPSA) is 129 Å². The Morgan fingerprint density at radius 1 is 0.958 bits per heavy atom. The van der Waals surface area contributed by atoms with E-state index in [-0.39, 0.29) is 40.2 Å². The van der Waals surface area contributed by atoms with Crippen LogP contribution in [-0.2, 0) is 20.6 Å².